The molecule has 0 bridgehead atoms. The molecule has 1 aromatic heterocycles. The topological polar surface area (TPSA) is 75.3 Å². The smallest absolute Gasteiger partial charge is 0.337 e. The maximum absolute atomic E-state index is 11.5. The predicted octanol–water partition coefficient (Wildman–Crippen LogP) is 2.80. The number of hydrogen-bond donors (Lipinski definition) is 2. The lowest BCUT2D eigenvalue weighted by atomic mass is 9.93. The van der Waals surface area contributed by atoms with E-state index in [1.54, 1.807) is 12.1 Å². The van der Waals surface area contributed by atoms with Crippen molar-refractivity contribution < 1.29 is 15.0 Å². The maximum Gasteiger partial charge on any atom is 0.337 e. The molecule has 0 aliphatic rings. The largest absolute Gasteiger partial charge is 0.478 e. The Balaban J connectivity index is 2.84. The zero-order valence-electron chi connectivity index (χ0n) is 12.8. The lowest BCUT2D eigenvalue weighted by Crippen LogP contribution is -2.32. The van der Waals surface area contributed by atoms with Crippen LogP contribution in [-0.4, -0.2) is 32.3 Å². The summed E-state index contributed by atoms with van der Waals surface area (Å²) in [6, 6.07) is 5.17. The molecule has 0 aliphatic heterocycles. The van der Waals surface area contributed by atoms with E-state index in [9.17, 15) is 15.0 Å². The van der Waals surface area contributed by atoms with Crippen LogP contribution >= 0.6 is 0 Å². The molecule has 1 unspecified atom stereocenters. The summed E-state index contributed by atoms with van der Waals surface area (Å²) in [6.45, 7) is 6.15. The highest BCUT2D eigenvalue weighted by Gasteiger charge is 2.30. The van der Waals surface area contributed by atoms with Gasteiger partial charge in [0.15, 0.2) is 0 Å². The van der Waals surface area contributed by atoms with Crippen molar-refractivity contribution in [2.75, 3.05) is 6.61 Å². The van der Waals surface area contributed by atoms with Gasteiger partial charge in [0, 0.05) is 18.6 Å². The van der Waals surface area contributed by atoms with Crippen molar-refractivity contribution in [3.8, 4) is 0 Å². The van der Waals surface area contributed by atoms with E-state index in [1.165, 1.54) is 0 Å². The van der Waals surface area contributed by atoms with Gasteiger partial charge in [0.25, 0.3) is 0 Å². The highest BCUT2D eigenvalue weighted by molar-refractivity contribution is 6.01. The molecule has 2 N–H and O–H groups in total. The van der Waals surface area contributed by atoms with E-state index >= 15 is 0 Å². The van der Waals surface area contributed by atoms with Crippen molar-refractivity contribution in [1.29, 1.82) is 0 Å². The average Bonchev–Trinajstić information content (AvgIpc) is 2.86. The second kappa shape index (κ2) is 5.85. The third kappa shape index (κ3) is 2.53. The zero-order valence-corrected chi connectivity index (χ0v) is 12.8. The Morgan fingerprint density at radius 2 is 2.10 bits per heavy atom. The number of imidazole rings is 1. The molecule has 5 heteroatoms. The van der Waals surface area contributed by atoms with Gasteiger partial charge in [0.1, 0.15) is 5.82 Å². The van der Waals surface area contributed by atoms with Gasteiger partial charge in [-0.1, -0.05) is 19.9 Å². The molecule has 21 heavy (non-hydrogen) atoms. The fraction of sp³-hybridized carbons (Fsp3) is 0.500. The van der Waals surface area contributed by atoms with Crippen LogP contribution in [0, 0.1) is 0 Å². The van der Waals surface area contributed by atoms with E-state index < -0.39 is 5.97 Å². The minimum atomic E-state index is -0.952. The average molecular weight is 290 g/mol. The van der Waals surface area contributed by atoms with Crippen molar-refractivity contribution in [2.24, 2.45) is 0 Å². The fourth-order valence-corrected chi connectivity index (χ4v) is 2.85. The molecule has 0 aliphatic carbocycles. The highest BCUT2D eigenvalue weighted by Crippen LogP contribution is 2.33. The molecule has 1 atom stereocenters. The number of aromatic nitrogens is 2. The summed E-state index contributed by atoms with van der Waals surface area (Å²) in [5, 5.41) is 18.9. The van der Waals surface area contributed by atoms with Gasteiger partial charge in [-0.25, -0.2) is 9.78 Å². The molecule has 5 nitrogen and oxygen atoms in total. The number of aryl methyl sites for hydroxylation is 1. The van der Waals surface area contributed by atoms with Crippen LogP contribution in [0.25, 0.3) is 11.0 Å². The first-order valence-electron chi connectivity index (χ1n) is 7.33. The summed E-state index contributed by atoms with van der Waals surface area (Å²) in [5.41, 5.74) is 1.27. The van der Waals surface area contributed by atoms with E-state index in [0.717, 1.165) is 18.7 Å². The Hall–Kier alpha value is -1.88. The summed E-state index contributed by atoms with van der Waals surface area (Å²) in [7, 11) is 0. The molecule has 2 rings (SSSR count). The SMILES string of the molecule is CCc1nc2cccc(C(=O)O)c2n1C(C)(CC)CCO. The van der Waals surface area contributed by atoms with E-state index in [0.29, 0.717) is 17.5 Å². The molecule has 0 amide bonds. The highest BCUT2D eigenvalue weighted by atomic mass is 16.4. The maximum atomic E-state index is 11.5. The van der Waals surface area contributed by atoms with Crippen LogP contribution in [0.15, 0.2) is 18.2 Å². The number of para-hydroxylation sites is 1. The van der Waals surface area contributed by atoms with Crippen LogP contribution in [0.4, 0.5) is 0 Å². The Morgan fingerprint density at radius 3 is 2.62 bits per heavy atom. The molecule has 0 saturated carbocycles. The van der Waals surface area contributed by atoms with Crippen molar-refractivity contribution in [3.63, 3.8) is 0 Å². The molecule has 1 aromatic carbocycles. The van der Waals surface area contributed by atoms with Crippen LogP contribution in [0.1, 0.15) is 49.8 Å². The number of carboxylic acid groups (broad SMARTS) is 1. The number of carboxylic acids is 1. The molecule has 114 valence electrons. The fourth-order valence-electron chi connectivity index (χ4n) is 2.85. The van der Waals surface area contributed by atoms with Gasteiger partial charge in [-0.15, -0.1) is 0 Å². The van der Waals surface area contributed by atoms with Crippen LogP contribution in [0.2, 0.25) is 0 Å². The Bertz CT molecular complexity index is 663. The first-order valence-corrected chi connectivity index (χ1v) is 7.33. The lowest BCUT2D eigenvalue weighted by Gasteiger charge is -2.32. The van der Waals surface area contributed by atoms with Crippen molar-refractivity contribution in [3.05, 3.63) is 29.6 Å². The number of hydrogen-bond acceptors (Lipinski definition) is 3. The second-order valence-electron chi connectivity index (χ2n) is 5.52. The number of aliphatic hydroxyl groups is 1. The van der Waals surface area contributed by atoms with Crippen molar-refractivity contribution in [1.82, 2.24) is 9.55 Å². The van der Waals surface area contributed by atoms with Crippen LogP contribution in [0.3, 0.4) is 0 Å². The number of carbonyl (C=O) groups is 1. The summed E-state index contributed by atoms with van der Waals surface area (Å²) in [6.07, 6.45) is 2.07. The van der Waals surface area contributed by atoms with E-state index in [-0.39, 0.29) is 17.7 Å². The molecule has 0 fully saturated rings. The standard InChI is InChI=1S/C16H22N2O3/c1-4-13-17-12-8-6-7-11(15(20)21)14(12)18(13)16(3,5-2)9-10-19/h6-8,19H,4-5,9-10H2,1-3H3,(H,20,21). The quantitative estimate of drug-likeness (QED) is 0.857. The van der Waals surface area contributed by atoms with Gasteiger partial charge in [0.05, 0.1) is 16.6 Å². The summed E-state index contributed by atoms with van der Waals surface area (Å²) < 4.78 is 2.02. The van der Waals surface area contributed by atoms with Crippen molar-refractivity contribution >= 4 is 17.0 Å². The predicted molar refractivity (Wildman–Crippen MR) is 81.7 cm³/mol. The number of nitrogens with zero attached hydrogens (tertiary/aromatic N) is 2. The van der Waals surface area contributed by atoms with E-state index in [1.807, 2.05) is 31.4 Å². The molecule has 2 aromatic rings. The Morgan fingerprint density at radius 1 is 1.38 bits per heavy atom. The zero-order chi connectivity index (χ0) is 15.6. The third-order valence-corrected chi connectivity index (χ3v) is 4.24. The first-order chi connectivity index (χ1) is 9.98. The van der Waals surface area contributed by atoms with Crippen LogP contribution in [-0.2, 0) is 12.0 Å². The minimum absolute atomic E-state index is 0.0579. The van der Waals surface area contributed by atoms with Gasteiger partial charge in [0.2, 0.25) is 0 Å². The van der Waals surface area contributed by atoms with Gasteiger partial charge in [-0.3, -0.25) is 0 Å². The summed E-state index contributed by atoms with van der Waals surface area (Å²) in [5.74, 6) is -0.0941. The van der Waals surface area contributed by atoms with Gasteiger partial charge in [-0.05, 0) is 31.9 Å². The number of rotatable bonds is 6. The van der Waals surface area contributed by atoms with Gasteiger partial charge >= 0.3 is 5.97 Å². The number of aliphatic hydroxyl groups excluding tert-OH is 1. The Labute approximate surface area is 124 Å². The number of benzene rings is 1. The normalized spacial score (nSPS) is 14.3. The van der Waals surface area contributed by atoms with Gasteiger partial charge in [-0.2, -0.15) is 0 Å². The summed E-state index contributed by atoms with van der Waals surface area (Å²) in [4.78, 5) is 16.1. The Kier molecular flexibility index (Phi) is 4.32. The third-order valence-electron chi connectivity index (χ3n) is 4.24. The summed E-state index contributed by atoms with van der Waals surface area (Å²) >= 11 is 0. The molecule has 0 spiro atoms. The number of fused-ring (bicyclic) bond motifs is 1. The van der Waals surface area contributed by atoms with E-state index in [4.69, 9.17) is 0 Å². The molecule has 1 heterocycles. The minimum Gasteiger partial charge on any atom is -0.478 e. The second-order valence-corrected chi connectivity index (χ2v) is 5.52. The number of aromatic carboxylic acids is 1. The molecule has 0 radical (unpaired) electrons. The molecular formula is C16H22N2O3. The van der Waals surface area contributed by atoms with Crippen LogP contribution in [0.5, 0.6) is 0 Å². The van der Waals surface area contributed by atoms with Crippen molar-refractivity contribution in [2.45, 2.75) is 45.6 Å². The lowest BCUT2D eigenvalue weighted by molar-refractivity contribution is 0.0698. The molecule has 0 saturated heterocycles. The monoisotopic (exact) mass is 290 g/mol. The molecular weight excluding hydrogens is 268 g/mol. The van der Waals surface area contributed by atoms with E-state index in [2.05, 4.69) is 4.98 Å². The van der Waals surface area contributed by atoms with Crippen LogP contribution < -0.4 is 0 Å². The van der Waals surface area contributed by atoms with Gasteiger partial charge < -0.3 is 14.8 Å². The first kappa shape index (κ1) is 15.5.